The third kappa shape index (κ3) is 2.55. The lowest BCUT2D eigenvalue weighted by molar-refractivity contribution is -0.147. The third-order valence-electron chi connectivity index (χ3n) is 1.74. The molecule has 13 heavy (non-hydrogen) atoms. The predicted molar refractivity (Wildman–Crippen MR) is 44.0 cm³/mol. The minimum atomic E-state index is -1.15. The van der Waals surface area contributed by atoms with Crippen molar-refractivity contribution in [2.45, 2.75) is 12.5 Å². The van der Waals surface area contributed by atoms with E-state index in [1.54, 1.807) is 6.92 Å². The van der Waals surface area contributed by atoms with Gasteiger partial charge in [-0.15, -0.1) is 0 Å². The molecular weight excluding hydrogens is 174 g/mol. The van der Waals surface area contributed by atoms with Crippen LogP contribution in [0.5, 0.6) is 0 Å². The Morgan fingerprint density at radius 3 is 2.31 bits per heavy atom. The van der Waals surface area contributed by atoms with E-state index in [1.165, 1.54) is 4.90 Å². The first-order chi connectivity index (χ1) is 5.91. The van der Waals surface area contributed by atoms with Gasteiger partial charge in [-0.1, -0.05) is 0 Å². The van der Waals surface area contributed by atoms with Gasteiger partial charge in [-0.2, -0.15) is 0 Å². The second-order valence-corrected chi connectivity index (χ2v) is 3.36. The zero-order chi connectivity index (χ0) is 10.1. The highest BCUT2D eigenvalue weighted by Crippen LogP contribution is 2.19. The first kappa shape index (κ1) is 9.73. The molecule has 0 unspecified atom stereocenters. The van der Waals surface area contributed by atoms with Gasteiger partial charge in [0.05, 0.1) is 18.7 Å². The van der Waals surface area contributed by atoms with Crippen LogP contribution in [0.1, 0.15) is 6.92 Å². The molecule has 72 valence electrons. The molecule has 1 rings (SSSR count). The van der Waals surface area contributed by atoms with Gasteiger partial charge in [-0.05, 0) is 6.92 Å². The van der Waals surface area contributed by atoms with E-state index < -0.39 is 11.6 Å². The van der Waals surface area contributed by atoms with Crippen molar-refractivity contribution in [3.63, 3.8) is 0 Å². The maximum Gasteiger partial charge on any atom is 0.328 e. The Labute approximate surface area is 75.3 Å². The smallest absolute Gasteiger partial charge is 0.328 e. The average molecular weight is 185 g/mol. The molecule has 1 saturated heterocycles. The average Bonchev–Trinajstić information content (AvgIpc) is 1.95. The monoisotopic (exact) mass is 185 g/mol. The van der Waals surface area contributed by atoms with Gasteiger partial charge in [-0.3, -0.25) is 4.79 Å². The number of carboxylic acid groups (broad SMARTS) is 1. The van der Waals surface area contributed by atoms with Gasteiger partial charge in [0, 0.05) is 12.2 Å². The maximum absolute atomic E-state index is 11.1. The number of aliphatic carboxylic acids is 1. The molecule has 1 heterocycles. The summed E-state index contributed by atoms with van der Waals surface area (Å²) < 4.78 is 0. The summed E-state index contributed by atoms with van der Waals surface area (Å²) in [6.07, 6.45) is 1.77. The molecule has 0 radical (unpaired) electrons. The van der Waals surface area contributed by atoms with Gasteiger partial charge in [0.2, 0.25) is 5.91 Å². The van der Waals surface area contributed by atoms with Crippen molar-refractivity contribution < 1.29 is 19.8 Å². The van der Waals surface area contributed by atoms with Crippen molar-refractivity contribution in [3.8, 4) is 0 Å². The summed E-state index contributed by atoms with van der Waals surface area (Å²) in [4.78, 5) is 22.5. The van der Waals surface area contributed by atoms with E-state index in [1.807, 2.05) is 0 Å². The number of hydrogen-bond acceptors (Lipinski definition) is 3. The van der Waals surface area contributed by atoms with E-state index in [2.05, 4.69) is 0 Å². The molecule has 1 aliphatic heterocycles. The molecule has 0 aromatic heterocycles. The Balaban J connectivity index is 2.40. The number of nitrogens with zero attached hydrogens (tertiary/aromatic N) is 1. The van der Waals surface area contributed by atoms with Gasteiger partial charge in [0.15, 0.2) is 0 Å². The SMILES string of the molecule is CC1(O)CN(C(=O)/C=C\C(=O)O)C1. The molecule has 5 heteroatoms. The normalized spacial score (nSPS) is 20.0. The summed E-state index contributed by atoms with van der Waals surface area (Å²) in [7, 11) is 0. The van der Waals surface area contributed by atoms with Crippen molar-refractivity contribution in [2.24, 2.45) is 0 Å². The fraction of sp³-hybridized carbons (Fsp3) is 0.500. The van der Waals surface area contributed by atoms with Gasteiger partial charge >= 0.3 is 5.97 Å². The Morgan fingerprint density at radius 1 is 1.38 bits per heavy atom. The van der Waals surface area contributed by atoms with Crippen molar-refractivity contribution >= 4 is 11.9 Å². The minimum Gasteiger partial charge on any atom is -0.478 e. The number of carboxylic acids is 1. The quantitative estimate of drug-likeness (QED) is 0.553. The molecule has 0 bridgehead atoms. The van der Waals surface area contributed by atoms with Crippen LogP contribution < -0.4 is 0 Å². The third-order valence-corrected chi connectivity index (χ3v) is 1.74. The second kappa shape index (κ2) is 3.18. The molecule has 0 spiro atoms. The van der Waals surface area contributed by atoms with E-state index in [4.69, 9.17) is 5.11 Å². The van der Waals surface area contributed by atoms with Crippen LogP contribution in [0.15, 0.2) is 12.2 Å². The van der Waals surface area contributed by atoms with Gasteiger partial charge in [0.1, 0.15) is 0 Å². The highest BCUT2D eigenvalue weighted by molar-refractivity contribution is 5.94. The minimum absolute atomic E-state index is 0.260. The number of β-amino-alcohol motifs (C(OH)–C–C–N with tert-alkyl or cyclic N) is 1. The summed E-state index contributed by atoms with van der Waals surface area (Å²) in [5, 5.41) is 17.5. The van der Waals surface area contributed by atoms with Crippen LogP contribution in [-0.2, 0) is 9.59 Å². The topological polar surface area (TPSA) is 77.8 Å². The predicted octanol–water partition coefficient (Wildman–Crippen LogP) is -0.780. The van der Waals surface area contributed by atoms with Crippen LogP contribution >= 0.6 is 0 Å². The van der Waals surface area contributed by atoms with Gasteiger partial charge in [0.25, 0.3) is 0 Å². The number of carbonyl (C=O) groups is 2. The standard InChI is InChI=1S/C8H11NO4/c1-8(13)4-9(5-8)6(10)2-3-7(11)12/h2-3,13H,4-5H2,1H3,(H,11,12)/b3-2-. The first-order valence-electron chi connectivity index (χ1n) is 3.83. The van der Waals surface area contributed by atoms with Crippen LogP contribution in [-0.4, -0.2) is 45.7 Å². The van der Waals surface area contributed by atoms with Crippen molar-refractivity contribution in [1.29, 1.82) is 0 Å². The summed E-state index contributed by atoms with van der Waals surface area (Å²) in [6, 6.07) is 0. The Bertz CT molecular complexity index is 261. The van der Waals surface area contributed by atoms with Crippen LogP contribution in [0.25, 0.3) is 0 Å². The summed E-state index contributed by atoms with van der Waals surface area (Å²) in [6.45, 7) is 2.14. The lowest BCUT2D eigenvalue weighted by Gasteiger charge is -2.43. The number of likely N-dealkylation sites (tertiary alicyclic amines) is 1. The molecule has 1 amide bonds. The maximum atomic E-state index is 11.1. The molecule has 0 aliphatic carbocycles. The first-order valence-corrected chi connectivity index (χ1v) is 3.83. The van der Waals surface area contributed by atoms with Crippen LogP contribution in [0.4, 0.5) is 0 Å². The number of aliphatic hydroxyl groups is 1. The van der Waals surface area contributed by atoms with Crippen molar-refractivity contribution in [2.75, 3.05) is 13.1 Å². The number of carbonyl (C=O) groups excluding carboxylic acids is 1. The Hall–Kier alpha value is -1.36. The molecule has 0 aromatic rings. The number of rotatable bonds is 2. The van der Waals surface area contributed by atoms with Crippen LogP contribution in [0.2, 0.25) is 0 Å². The second-order valence-electron chi connectivity index (χ2n) is 3.36. The molecular formula is C8H11NO4. The molecule has 1 fully saturated rings. The summed E-state index contributed by atoms with van der Waals surface area (Å²) in [5.74, 6) is -1.53. The molecule has 0 atom stereocenters. The zero-order valence-electron chi connectivity index (χ0n) is 7.23. The Kier molecular flexibility index (Phi) is 2.38. The molecule has 0 aromatic carbocycles. The lowest BCUT2D eigenvalue weighted by Crippen LogP contribution is -2.61. The highest BCUT2D eigenvalue weighted by atomic mass is 16.4. The van der Waals surface area contributed by atoms with E-state index >= 15 is 0 Å². The number of hydrogen-bond donors (Lipinski definition) is 2. The molecule has 2 N–H and O–H groups in total. The van der Waals surface area contributed by atoms with E-state index in [9.17, 15) is 14.7 Å². The largest absolute Gasteiger partial charge is 0.478 e. The van der Waals surface area contributed by atoms with Crippen molar-refractivity contribution in [3.05, 3.63) is 12.2 Å². The lowest BCUT2D eigenvalue weighted by atomic mass is 9.97. The van der Waals surface area contributed by atoms with Crippen LogP contribution in [0.3, 0.4) is 0 Å². The molecule has 0 saturated carbocycles. The Morgan fingerprint density at radius 2 is 1.92 bits per heavy atom. The van der Waals surface area contributed by atoms with Gasteiger partial charge < -0.3 is 15.1 Å². The van der Waals surface area contributed by atoms with Gasteiger partial charge in [-0.25, -0.2) is 4.79 Å². The highest BCUT2D eigenvalue weighted by Gasteiger charge is 2.38. The molecule has 5 nitrogen and oxygen atoms in total. The zero-order valence-corrected chi connectivity index (χ0v) is 7.23. The fourth-order valence-electron chi connectivity index (χ4n) is 1.18. The van der Waals surface area contributed by atoms with Crippen molar-refractivity contribution in [1.82, 2.24) is 4.90 Å². The summed E-state index contributed by atoms with van der Waals surface area (Å²) >= 11 is 0. The van der Waals surface area contributed by atoms with E-state index in [-0.39, 0.29) is 19.0 Å². The number of amides is 1. The summed E-state index contributed by atoms with van der Waals surface area (Å²) in [5.41, 5.74) is -0.813. The van der Waals surface area contributed by atoms with E-state index in [0.717, 1.165) is 12.2 Å². The molecule has 1 aliphatic rings. The van der Waals surface area contributed by atoms with E-state index in [0.29, 0.717) is 0 Å². The fourth-order valence-corrected chi connectivity index (χ4v) is 1.18. The van der Waals surface area contributed by atoms with Crippen LogP contribution in [0, 0.1) is 0 Å².